The van der Waals surface area contributed by atoms with Gasteiger partial charge in [-0.05, 0) is 24.6 Å². The first-order valence-corrected chi connectivity index (χ1v) is 8.79. The molecule has 0 amide bonds. The van der Waals surface area contributed by atoms with Gasteiger partial charge in [-0.1, -0.05) is 12.1 Å². The van der Waals surface area contributed by atoms with Crippen molar-refractivity contribution in [1.82, 2.24) is 19.9 Å². The molecule has 0 saturated heterocycles. The molecule has 3 aromatic rings. The quantitative estimate of drug-likeness (QED) is 0.772. The molecule has 5 nitrogen and oxygen atoms in total. The lowest BCUT2D eigenvalue weighted by Crippen LogP contribution is -2.27. The highest BCUT2D eigenvalue weighted by molar-refractivity contribution is 5.53. The summed E-state index contributed by atoms with van der Waals surface area (Å²) in [6, 6.07) is 7.83. The number of aromatic nitrogens is 3. The third-order valence-electron chi connectivity index (χ3n) is 4.80. The van der Waals surface area contributed by atoms with E-state index in [1.807, 2.05) is 11.0 Å². The lowest BCUT2D eigenvalue weighted by Gasteiger charge is -2.19. The van der Waals surface area contributed by atoms with Crippen LogP contribution < -0.4 is 5.56 Å². The minimum Gasteiger partial charge on any atom is -0.306 e. The third-order valence-corrected chi connectivity index (χ3v) is 4.80. The van der Waals surface area contributed by atoms with Crippen LogP contribution in [0.25, 0.3) is 11.4 Å². The van der Waals surface area contributed by atoms with Crippen LogP contribution in [0.3, 0.4) is 0 Å². The van der Waals surface area contributed by atoms with E-state index >= 15 is 0 Å². The number of rotatable bonds is 3. The van der Waals surface area contributed by atoms with Gasteiger partial charge in [0.25, 0.3) is 5.56 Å². The van der Waals surface area contributed by atoms with E-state index in [1.54, 1.807) is 24.5 Å². The normalized spacial score (nSPS) is 14.6. The SMILES string of the molecule is O=c1[nH]c(-c2cccnc2)nc2c1CCN(Cc1cccc(F)c1F)CC2. The van der Waals surface area contributed by atoms with Gasteiger partial charge in [0.15, 0.2) is 11.6 Å². The molecular formula is C20H18F2N4O. The van der Waals surface area contributed by atoms with Crippen LogP contribution in [0.1, 0.15) is 16.8 Å². The molecular weight excluding hydrogens is 350 g/mol. The van der Waals surface area contributed by atoms with E-state index in [4.69, 9.17) is 0 Å². The Morgan fingerprint density at radius 2 is 1.96 bits per heavy atom. The fraction of sp³-hybridized carbons (Fsp3) is 0.250. The smallest absolute Gasteiger partial charge is 0.254 e. The molecule has 0 fully saturated rings. The van der Waals surface area contributed by atoms with Gasteiger partial charge in [-0.2, -0.15) is 0 Å². The van der Waals surface area contributed by atoms with Crippen LogP contribution in [0.5, 0.6) is 0 Å². The molecule has 0 saturated carbocycles. The number of aromatic amines is 1. The van der Waals surface area contributed by atoms with Crippen LogP contribution in [-0.4, -0.2) is 32.9 Å². The average Bonchev–Trinajstić information content (AvgIpc) is 2.89. The second kappa shape index (κ2) is 7.36. The summed E-state index contributed by atoms with van der Waals surface area (Å²) in [6.45, 7) is 1.50. The number of nitrogens with one attached hydrogen (secondary N) is 1. The predicted octanol–water partition coefficient (Wildman–Crippen LogP) is 2.71. The zero-order valence-electron chi connectivity index (χ0n) is 14.6. The van der Waals surface area contributed by atoms with Gasteiger partial charge >= 0.3 is 0 Å². The summed E-state index contributed by atoms with van der Waals surface area (Å²) < 4.78 is 27.4. The number of fused-ring (bicyclic) bond motifs is 1. The zero-order valence-corrected chi connectivity index (χ0v) is 14.6. The van der Waals surface area contributed by atoms with Gasteiger partial charge < -0.3 is 4.98 Å². The highest BCUT2D eigenvalue weighted by atomic mass is 19.2. The van der Waals surface area contributed by atoms with Crippen molar-refractivity contribution in [3.05, 3.63) is 81.5 Å². The highest BCUT2D eigenvalue weighted by Gasteiger charge is 2.20. The maximum absolute atomic E-state index is 14.0. The van der Waals surface area contributed by atoms with Crippen molar-refractivity contribution >= 4 is 0 Å². The standard InChI is InChI=1S/C20H18F2N4O/c21-16-5-1-3-14(18(16)22)12-26-9-6-15-17(7-10-26)24-19(25-20(15)27)13-4-2-8-23-11-13/h1-5,8,11H,6-7,9-10,12H2,(H,24,25,27). The van der Waals surface area contributed by atoms with E-state index in [2.05, 4.69) is 15.0 Å². The van der Waals surface area contributed by atoms with E-state index in [-0.39, 0.29) is 5.56 Å². The van der Waals surface area contributed by atoms with Crippen molar-refractivity contribution in [2.45, 2.75) is 19.4 Å². The zero-order chi connectivity index (χ0) is 18.8. The molecule has 0 bridgehead atoms. The molecule has 1 N–H and O–H groups in total. The maximum Gasteiger partial charge on any atom is 0.254 e. The molecule has 0 spiro atoms. The van der Waals surface area contributed by atoms with Crippen LogP contribution >= 0.6 is 0 Å². The number of benzene rings is 1. The van der Waals surface area contributed by atoms with Crippen molar-refractivity contribution in [2.24, 2.45) is 0 Å². The van der Waals surface area contributed by atoms with Gasteiger partial charge in [0, 0.05) is 55.1 Å². The van der Waals surface area contributed by atoms with Crippen LogP contribution in [0.2, 0.25) is 0 Å². The van der Waals surface area contributed by atoms with Crippen molar-refractivity contribution in [3.8, 4) is 11.4 Å². The van der Waals surface area contributed by atoms with E-state index in [9.17, 15) is 13.6 Å². The predicted molar refractivity (Wildman–Crippen MR) is 97.1 cm³/mol. The Hall–Kier alpha value is -2.93. The number of nitrogens with zero attached hydrogens (tertiary/aromatic N) is 3. The minimum absolute atomic E-state index is 0.155. The van der Waals surface area contributed by atoms with Crippen molar-refractivity contribution in [1.29, 1.82) is 0 Å². The summed E-state index contributed by atoms with van der Waals surface area (Å²) in [4.78, 5) is 26.1. The summed E-state index contributed by atoms with van der Waals surface area (Å²) in [6.07, 6.45) is 4.40. The van der Waals surface area contributed by atoms with Gasteiger partial charge in [-0.25, -0.2) is 13.8 Å². The van der Waals surface area contributed by atoms with Gasteiger partial charge in [0.1, 0.15) is 5.82 Å². The number of hydrogen-bond donors (Lipinski definition) is 1. The van der Waals surface area contributed by atoms with E-state index in [0.717, 1.165) is 17.3 Å². The van der Waals surface area contributed by atoms with E-state index in [0.29, 0.717) is 49.4 Å². The molecule has 27 heavy (non-hydrogen) atoms. The lowest BCUT2D eigenvalue weighted by molar-refractivity contribution is 0.273. The van der Waals surface area contributed by atoms with Gasteiger partial charge in [-0.15, -0.1) is 0 Å². The fourth-order valence-corrected chi connectivity index (χ4v) is 3.36. The minimum atomic E-state index is -0.843. The first-order chi connectivity index (χ1) is 13.1. The Morgan fingerprint density at radius 1 is 1.11 bits per heavy atom. The Morgan fingerprint density at radius 3 is 2.78 bits per heavy atom. The van der Waals surface area contributed by atoms with Crippen molar-refractivity contribution < 1.29 is 8.78 Å². The monoisotopic (exact) mass is 368 g/mol. The summed E-state index contributed by atoms with van der Waals surface area (Å²) in [5, 5.41) is 0. The lowest BCUT2D eigenvalue weighted by atomic mass is 10.1. The molecule has 0 radical (unpaired) electrons. The molecule has 138 valence electrons. The largest absolute Gasteiger partial charge is 0.306 e. The molecule has 3 heterocycles. The molecule has 7 heteroatoms. The molecule has 2 aromatic heterocycles. The van der Waals surface area contributed by atoms with Crippen molar-refractivity contribution in [2.75, 3.05) is 13.1 Å². The molecule has 0 unspecified atom stereocenters. The molecule has 4 rings (SSSR count). The topological polar surface area (TPSA) is 61.9 Å². The summed E-state index contributed by atoms with van der Waals surface area (Å²) in [7, 11) is 0. The second-order valence-electron chi connectivity index (χ2n) is 6.57. The van der Waals surface area contributed by atoms with Gasteiger partial charge in [0.05, 0.1) is 5.69 Å². The first kappa shape index (κ1) is 17.5. The summed E-state index contributed by atoms with van der Waals surface area (Å²) in [5.41, 5.74) is 2.32. The number of pyridine rings is 1. The molecule has 1 aromatic carbocycles. The third kappa shape index (κ3) is 3.64. The Kier molecular flexibility index (Phi) is 4.77. The van der Waals surface area contributed by atoms with Crippen LogP contribution in [0.15, 0.2) is 47.5 Å². The maximum atomic E-state index is 14.0. The Bertz CT molecular complexity index is 1020. The Labute approximate surface area is 154 Å². The van der Waals surface area contributed by atoms with E-state index in [1.165, 1.54) is 6.07 Å². The van der Waals surface area contributed by atoms with Crippen LogP contribution in [0.4, 0.5) is 8.78 Å². The molecule has 0 atom stereocenters. The van der Waals surface area contributed by atoms with E-state index < -0.39 is 11.6 Å². The summed E-state index contributed by atoms with van der Waals surface area (Å²) >= 11 is 0. The molecule has 1 aliphatic rings. The number of hydrogen-bond acceptors (Lipinski definition) is 4. The number of halogens is 2. The van der Waals surface area contributed by atoms with Gasteiger partial charge in [0.2, 0.25) is 0 Å². The molecule has 0 aliphatic carbocycles. The second-order valence-corrected chi connectivity index (χ2v) is 6.57. The first-order valence-electron chi connectivity index (χ1n) is 8.79. The average molecular weight is 368 g/mol. The summed E-state index contributed by atoms with van der Waals surface area (Å²) in [5.74, 6) is -1.16. The molecule has 1 aliphatic heterocycles. The van der Waals surface area contributed by atoms with Crippen molar-refractivity contribution in [3.63, 3.8) is 0 Å². The van der Waals surface area contributed by atoms with Gasteiger partial charge in [-0.3, -0.25) is 14.7 Å². The highest BCUT2D eigenvalue weighted by Crippen LogP contribution is 2.19. The van der Waals surface area contributed by atoms with Crippen LogP contribution in [-0.2, 0) is 19.4 Å². The van der Waals surface area contributed by atoms with Crippen LogP contribution in [0, 0.1) is 11.6 Å². The number of H-pyrrole nitrogens is 1. The fourth-order valence-electron chi connectivity index (χ4n) is 3.36. The Balaban J connectivity index is 1.57.